The summed E-state index contributed by atoms with van der Waals surface area (Å²) >= 11 is 1.32. The molecule has 5 rings (SSSR count). The number of allylic oxidation sites excluding steroid dienone is 1. The van der Waals surface area contributed by atoms with Gasteiger partial charge < -0.3 is 14.0 Å². The van der Waals surface area contributed by atoms with Crippen LogP contribution in [-0.4, -0.2) is 28.8 Å². The van der Waals surface area contributed by atoms with Gasteiger partial charge in [-0.1, -0.05) is 41.7 Å². The Balaban J connectivity index is 1.76. The summed E-state index contributed by atoms with van der Waals surface area (Å²) < 4.78 is 15.0. The minimum Gasteiger partial charge on any atom is -0.497 e. The number of thiazole rings is 1. The van der Waals surface area contributed by atoms with Crippen LogP contribution >= 0.6 is 11.3 Å². The second-order valence-corrected chi connectivity index (χ2v) is 9.30. The van der Waals surface area contributed by atoms with Crippen LogP contribution in [0.3, 0.4) is 0 Å². The Morgan fingerprint density at radius 2 is 2.00 bits per heavy atom. The number of aryl methyl sites for hydroxylation is 1. The van der Waals surface area contributed by atoms with Gasteiger partial charge in [0, 0.05) is 29.7 Å². The lowest BCUT2D eigenvalue weighted by Gasteiger charge is -2.25. The van der Waals surface area contributed by atoms with Crippen LogP contribution in [0.15, 0.2) is 75.8 Å². The molecule has 1 aliphatic heterocycles. The normalized spacial score (nSPS) is 15.8. The molecule has 4 aromatic rings. The smallest absolute Gasteiger partial charge is 0.338 e. The molecule has 0 saturated carbocycles. The zero-order valence-corrected chi connectivity index (χ0v) is 20.8. The van der Waals surface area contributed by atoms with Gasteiger partial charge in [0.05, 0.1) is 35.6 Å². The van der Waals surface area contributed by atoms with Gasteiger partial charge >= 0.3 is 5.97 Å². The number of carbonyl (C=O) groups excluding carboxylic acids is 1. The second kappa shape index (κ2) is 9.03. The molecule has 2 aromatic carbocycles. The zero-order chi connectivity index (χ0) is 24.7. The number of hydrogen-bond donors (Lipinski definition) is 0. The Morgan fingerprint density at radius 1 is 1.20 bits per heavy atom. The molecular formula is C27H25N3O4S. The van der Waals surface area contributed by atoms with Crippen molar-refractivity contribution in [2.24, 2.45) is 12.0 Å². The Labute approximate surface area is 205 Å². The summed E-state index contributed by atoms with van der Waals surface area (Å²) in [6.45, 7) is 3.76. The number of para-hydroxylation sites is 1. The van der Waals surface area contributed by atoms with Crippen LogP contribution in [0.1, 0.15) is 31.0 Å². The van der Waals surface area contributed by atoms with Gasteiger partial charge in [-0.2, -0.15) is 0 Å². The van der Waals surface area contributed by atoms with E-state index in [0.29, 0.717) is 26.4 Å². The molecule has 0 amide bonds. The highest BCUT2D eigenvalue weighted by atomic mass is 32.1. The van der Waals surface area contributed by atoms with Gasteiger partial charge in [-0.05, 0) is 43.7 Å². The van der Waals surface area contributed by atoms with E-state index in [2.05, 4.69) is 4.99 Å². The molecule has 8 heteroatoms. The number of fused-ring (bicyclic) bond motifs is 2. The standard InChI is InChI=1S/C27H25N3O4S/c1-5-34-26(32)23-16(2)28-27-30(24(23)17-9-8-10-19(13-17)33-4)25(31)22(35-27)14-18-15-29(3)21-12-7-6-11-20(18)21/h6-15,24H,5H2,1-4H3/b22-14+/t24-/m0/s1. The van der Waals surface area contributed by atoms with Crippen LogP contribution in [0, 0.1) is 0 Å². The molecular weight excluding hydrogens is 462 g/mol. The van der Waals surface area contributed by atoms with Crippen molar-refractivity contribution >= 4 is 34.3 Å². The van der Waals surface area contributed by atoms with Crippen molar-refractivity contribution in [2.75, 3.05) is 13.7 Å². The molecule has 7 nitrogen and oxygen atoms in total. The average Bonchev–Trinajstić information content (AvgIpc) is 3.34. The van der Waals surface area contributed by atoms with Crippen molar-refractivity contribution in [1.29, 1.82) is 0 Å². The first kappa shape index (κ1) is 22.9. The van der Waals surface area contributed by atoms with Gasteiger partial charge in [-0.15, -0.1) is 0 Å². The fourth-order valence-corrected chi connectivity index (χ4v) is 5.59. The van der Waals surface area contributed by atoms with Gasteiger partial charge in [0.1, 0.15) is 5.75 Å². The first-order chi connectivity index (χ1) is 16.9. The maximum Gasteiger partial charge on any atom is 0.338 e. The van der Waals surface area contributed by atoms with E-state index in [1.807, 2.05) is 72.4 Å². The number of hydrogen-bond acceptors (Lipinski definition) is 6. The number of methoxy groups -OCH3 is 1. The monoisotopic (exact) mass is 487 g/mol. The fraction of sp³-hybridized carbons (Fsp3) is 0.222. The Morgan fingerprint density at radius 3 is 2.77 bits per heavy atom. The lowest BCUT2D eigenvalue weighted by atomic mass is 9.95. The summed E-state index contributed by atoms with van der Waals surface area (Å²) in [5.74, 6) is 0.156. The largest absolute Gasteiger partial charge is 0.497 e. The topological polar surface area (TPSA) is 74.8 Å². The van der Waals surface area contributed by atoms with Gasteiger partial charge in [0.2, 0.25) is 0 Å². The third-order valence-corrected chi connectivity index (χ3v) is 7.12. The number of aromatic nitrogens is 2. The summed E-state index contributed by atoms with van der Waals surface area (Å²) in [6.07, 6.45) is 3.91. The third-order valence-electron chi connectivity index (χ3n) is 6.14. The van der Waals surface area contributed by atoms with Crippen LogP contribution < -0.4 is 19.6 Å². The van der Waals surface area contributed by atoms with Gasteiger partial charge in [0.25, 0.3) is 5.56 Å². The predicted octanol–water partition coefficient (Wildman–Crippen LogP) is 3.30. The van der Waals surface area contributed by atoms with Crippen LogP contribution in [0.4, 0.5) is 0 Å². The molecule has 3 heterocycles. The molecule has 0 unspecified atom stereocenters. The first-order valence-electron chi connectivity index (χ1n) is 11.3. The Bertz CT molecular complexity index is 1670. The molecule has 0 radical (unpaired) electrons. The van der Waals surface area contributed by atoms with Crippen LogP contribution in [0.25, 0.3) is 17.0 Å². The Kier molecular flexibility index (Phi) is 5.90. The van der Waals surface area contributed by atoms with Crippen LogP contribution in [-0.2, 0) is 16.6 Å². The first-order valence-corrected chi connectivity index (χ1v) is 12.1. The van der Waals surface area contributed by atoms with E-state index in [1.54, 1.807) is 25.5 Å². The van der Waals surface area contributed by atoms with Crippen molar-refractivity contribution in [1.82, 2.24) is 9.13 Å². The SMILES string of the molecule is CCOC(=O)C1=C(C)N=c2s/c(=C/c3cn(C)c4ccccc34)c(=O)n2[C@H]1c1cccc(OC)c1. The maximum absolute atomic E-state index is 13.8. The van der Waals surface area contributed by atoms with E-state index in [4.69, 9.17) is 9.47 Å². The summed E-state index contributed by atoms with van der Waals surface area (Å²) in [6, 6.07) is 14.8. The van der Waals surface area contributed by atoms with Gasteiger partial charge in [-0.3, -0.25) is 9.36 Å². The fourth-order valence-electron chi connectivity index (χ4n) is 4.55. The van der Waals surface area contributed by atoms with Crippen molar-refractivity contribution in [2.45, 2.75) is 19.9 Å². The second-order valence-electron chi connectivity index (χ2n) is 8.29. The van der Waals surface area contributed by atoms with E-state index in [0.717, 1.165) is 22.0 Å². The van der Waals surface area contributed by atoms with Crippen molar-refractivity contribution < 1.29 is 14.3 Å². The highest BCUT2D eigenvalue weighted by Crippen LogP contribution is 2.32. The molecule has 1 aliphatic rings. The van der Waals surface area contributed by atoms with Gasteiger partial charge in [-0.25, -0.2) is 9.79 Å². The zero-order valence-electron chi connectivity index (χ0n) is 19.9. The van der Waals surface area contributed by atoms with Crippen molar-refractivity contribution in [3.05, 3.63) is 96.8 Å². The van der Waals surface area contributed by atoms with Crippen LogP contribution in [0.2, 0.25) is 0 Å². The Hall–Kier alpha value is -3.91. The number of carbonyl (C=O) groups is 1. The molecule has 178 valence electrons. The summed E-state index contributed by atoms with van der Waals surface area (Å²) in [5.41, 5.74) is 3.47. The van der Waals surface area contributed by atoms with E-state index in [9.17, 15) is 9.59 Å². The highest BCUT2D eigenvalue weighted by molar-refractivity contribution is 7.07. The molecule has 2 aromatic heterocycles. The third kappa shape index (κ3) is 3.89. The summed E-state index contributed by atoms with van der Waals surface area (Å²) in [5, 5.41) is 1.06. The lowest BCUT2D eigenvalue weighted by Crippen LogP contribution is -2.39. The molecule has 0 fully saturated rings. The van der Waals surface area contributed by atoms with Gasteiger partial charge in [0.15, 0.2) is 4.80 Å². The van der Waals surface area contributed by atoms with E-state index in [1.165, 1.54) is 11.3 Å². The number of esters is 1. The number of rotatable bonds is 5. The molecule has 0 aliphatic carbocycles. The van der Waals surface area contributed by atoms with E-state index in [-0.39, 0.29) is 12.2 Å². The lowest BCUT2D eigenvalue weighted by molar-refractivity contribution is -0.139. The minimum atomic E-state index is -0.671. The van der Waals surface area contributed by atoms with Crippen LogP contribution in [0.5, 0.6) is 5.75 Å². The molecule has 0 saturated heterocycles. The molecule has 0 bridgehead atoms. The maximum atomic E-state index is 13.8. The van der Waals surface area contributed by atoms with E-state index < -0.39 is 12.0 Å². The van der Waals surface area contributed by atoms with Crippen molar-refractivity contribution in [3.8, 4) is 5.75 Å². The molecule has 0 N–H and O–H groups in total. The molecule has 1 atom stereocenters. The molecule has 35 heavy (non-hydrogen) atoms. The van der Waals surface area contributed by atoms with E-state index >= 15 is 0 Å². The average molecular weight is 488 g/mol. The van der Waals surface area contributed by atoms with Crippen molar-refractivity contribution in [3.63, 3.8) is 0 Å². The summed E-state index contributed by atoms with van der Waals surface area (Å²) in [4.78, 5) is 32.0. The number of nitrogens with zero attached hydrogens (tertiary/aromatic N) is 3. The quantitative estimate of drug-likeness (QED) is 0.405. The number of ether oxygens (including phenoxy) is 2. The molecule has 0 spiro atoms. The predicted molar refractivity (Wildman–Crippen MR) is 136 cm³/mol. The minimum absolute atomic E-state index is 0.205. The highest BCUT2D eigenvalue weighted by Gasteiger charge is 2.33. The number of benzene rings is 2. The summed E-state index contributed by atoms with van der Waals surface area (Å²) in [7, 11) is 3.57.